The quantitative estimate of drug-likeness (QED) is 0.670. The van der Waals surface area contributed by atoms with Crippen LogP contribution in [0, 0.1) is 12.8 Å². The number of halogens is 3. The van der Waals surface area contributed by atoms with E-state index in [9.17, 15) is 13.6 Å². The maximum atomic E-state index is 12.4. The van der Waals surface area contributed by atoms with E-state index in [1.807, 2.05) is 6.92 Å². The third kappa shape index (κ3) is 6.06. The number of amides is 1. The normalized spacial score (nSPS) is 11.6. The number of aryl methyl sites for hydroxylation is 1. The number of carbonyl (C=O) groups is 1. The molecule has 0 atom stereocenters. The zero-order valence-electron chi connectivity index (χ0n) is 15.4. The van der Waals surface area contributed by atoms with Gasteiger partial charge in [0.1, 0.15) is 10.9 Å². The molecule has 0 unspecified atom stereocenters. The fourth-order valence-electron chi connectivity index (χ4n) is 2.48. The molecule has 2 aromatic rings. The van der Waals surface area contributed by atoms with Gasteiger partial charge in [-0.2, -0.15) is 13.9 Å². The largest absolute Gasteiger partial charge is 0.434 e. The van der Waals surface area contributed by atoms with Gasteiger partial charge in [0.25, 0.3) is 0 Å². The number of nitrogens with zero attached hydrogens (tertiary/aromatic N) is 2. The highest BCUT2D eigenvalue weighted by atomic mass is 35.5. The third-order valence-electron chi connectivity index (χ3n) is 3.69. The van der Waals surface area contributed by atoms with Crippen molar-refractivity contribution in [2.24, 2.45) is 5.92 Å². The molecule has 0 aliphatic rings. The molecule has 0 saturated carbocycles. The molecule has 0 aliphatic heterocycles. The number of rotatable bonds is 8. The van der Waals surface area contributed by atoms with Gasteiger partial charge in [0.05, 0.1) is 5.69 Å². The summed E-state index contributed by atoms with van der Waals surface area (Å²) in [6.07, 6.45) is 2.94. The maximum Gasteiger partial charge on any atom is 0.387 e. The van der Waals surface area contributed by atoms with Gasteiger partial charge < -0.3 is 10.1 Å². The first-order valence-electron chi connectivity index (χ1n) is 8.49. The van der Waals surface area contributed by atoms with Crippen LogP contribution in [0.15, 0.2) is 30.3 Å². The topological polar surface area (TPSA) is 56.2 Å². The molecule has 1 aromatic heterocycles. The number of ether oxygens (including phenoxy) is 1. The molecule has 0 saturated heterocycles. The molecular weight excluding hydrogens is 376 g/mol. The molecule has 0 bridgehead atoms. The molecule has 0 aliphatic carbocycles. The van der Waals surface area contributed by atoms with Crippen molar-refractivity contribution in [2.45, 2.75) is 40.5 Å². The summed E-state index contributed by atoms with van der Waals surface area (Å²) < 4.78 is 31.0. The lowest BCUT2D eigenvalue weighted by atomic mass is 10.2. The van der Waals surface area contributed by atoms with Crippen LogP contribution in [0.2, 0.25) is 5.15 Å². The molecule has 27 heavy (non-hydrogen) atoms. The summed E-state index contributed by atoms with van der Waals surface area (Å²) >= 11 is 6.33. The van der Waals surface area contributed by atoms with Crippen LogP contribution in [0.1, 0.15) is 30.7 Å². The van der Waals surface area contributed by atoms with Gasteiger partial charge >= 0.3 is 6.61 Å². The Hall–Kier alpha value is -2.41. The van der Waals surface area contributed by atoms with Crippen molar-refractivity contribution in [3.63, 3.8) is 0 Å². The first-order chi connectivity index (χ1) is 12.8. The van der Waals surface area contributed by atoms with E-state index in [4.69, 9.17) is 11.6 Å². The van der Waals surface area contributed by atoms with E-state index in [-0.39, 0.29) is 18.2 Å². The van der Waals surface area contributed by atoms with Crippen molar-refractivity contribution in [2.75, 3.05) is 0 Å². The average molecular weight is 398 g/mol. The van der Waals surface area contributed by atoms with Crippen molar-refractivity contribution in [3.8, 4) is 5.75 Å². The minimum Gasteiger partial charge on any atom is -0.434 e. The molecule has 0 fully saturated rings. The van der Waals surface area contributed by atoms with Gasteiger partial charge in [-0.15, -0.1) is 0 Å². The molecule has 8 heteroatoms. The first-order valence-corrected chi connectivity index (χ1v) is 8.87. The molecular formula is C19H22ClF2N3O2. The molecule has 1 N–H and O–H groups in total. The van der Waals surface area contributed by atoms with E-state index in [0.717, 1.165) is 5.69 Å². The van der Waals surface area contributed by atoms with Crippen LogP contribution in [0.3, 0.4) is 0 Å². The zero-order chi connectivity index (χ0) is 20.0. The van der Waals surface area contributed by atoms with Gasteiger partial charge in [-0.3, -0.25) is 9.48 Å². The highest BCUT2D eigenvalue weighted by Gasteiger charge is 2.13. The monoisotopic (exact) mass is 397 g/mol. The van der Waals surface area contributed by atoms with Crippen LogP contribution in [-0.2, 0) is 17.9 Å². The maximum absolute atomic E-state index is 12.4. The summed E-state index contributed by atoms with van der Waals surface area (Å²) in [7, 11) is 0. The number of benzene rings is 1. The first kappa shape index (κ1) is 20.9. The number of hydrogen-bond acceptors (Lipinski definition) is 3. The minimum absolute atomic E-state index is 0.0330. The third-order valence-corrected chi connectivity index (χ3v) is 4.09. The number of nitrogens with one attached hydrogen (secondary N) is 1. The van der Waals surface area contributed by atoms with E-state index in [1.54, 1.807) is 29.0 Å². The lowest BCUT2D eigenvalue weighted by molar-refractivity contribution is -0.116. The average Bonchev–Trinajstić information content (AvgIpc) is 2.84. The molecule has 0 radical (unpaired) electrons. The lowest BCUT2D eigenvalue weighted by Gasteiger charge is -2.10. The summed E-state index contributed by atoms with van der Waals surface area (Å²) in [6.45, 7) is 3.76. The Bertz CT molecular complexity index is 819. The van der Waals surface area contributed by atoms with Crippen molar-refractivity contribution in [3.05, 3.63) is 52.3 Å². The van der Waals surface area contributed by atoms with E-state index in [1.165, 1.54) is 12.1 Å². The fraction of sp³-hybridized carbons (Fsp3) is 0.368. The minimum atomic E-state index is -2.92. The van der Waals surface area contributed by atoms with Crippen LogP contribution in [0.25, 0.3) is 6.08 Å². The van der Waals surface area contributed by atoms with Gasteiger partial charge in [0, 0.05) is 30.3 Å². The van der Waals surface area contributed by atoms with Crippen LogP contribution in [-0.4, -0.2) is 22.3 Å². The highest BCUT2D eigenvalue weighted by molar-refractivity contribution is 6.31. The second-order valence-electron chi connectivity index (χ2n) is 6.40. The molecule has 5 nitrogen and oxygen atoms in total. The van der Waals surface area contributed by atoms with Crippen molar-refractivity contribution >= 4 is 23.6 Å². The number of carbonyl (C=O) groups excluding carboxylic acids is 1. The van der Waals surface area contributed by atoms with Gasteiger partial charge in [-0.05, 0) is 25.0 Å². The second kappa shape index (κ2) is 9.50. The molecule has 1 amide bonds. The molecule has 0 spiro atoms. The molecule has 2 rings (SSSR count). The Morgan fingerprint density at radius 2 is 2.07 bits per heavy atom. The predicted octanol–water partition coefficient (Wildman–Crippen LogP) is 4.43. The standard InChI is InChI=1S/C19H22ClF2N3O2/c1-12(2)11-25-18(20)15(13(3)24-25)8-9-17(26)23-10-14-6-4-5-7-16(14)27-19(21)22/h4-9,12,19H,10-11H2,1-3H3,(H,23,26)/b9-8+. The Balaban J connectivity index is 2.02. The number of aromatic nitrogens is 2. The fourth-order valence-corrected chi connectivity index (χ4v) is 2.79. The predicted molar refractivity (Wildman–Crippen MR) is 101 cm³/mol. The lowest BCUT2D eigenvalue weighted by Crippen LogP contribution is -2.21. The van der Waals surface area contributed by atoms with Crippen LogP contribution >= 0.6 is 11.6 Å². The number of alkyl halides is 2. The van der Waals surface area contributed by atoms with Gasteiger partial charge in [0.2, 0.25) is 5.91 Å². The molecule has 1 heterocycles. The Morgan fingerprint density at radius 1 is 1.37 bits per heavy atom. The van der Waals surface area contributed by atoms with Crippen LogP contribution in [0.4, 0.5) is 8.78 Å². The van der Waals surface area contributed by atoms with E-state index in [2.05, 4.69) is 29.0 Å². The zero-order valence-corrected chi connectivity index (χ0v) is 16.1. The summed E-state index contributed by atoms with van der Waals surface area (Å²) in [4.78, 5) is 12.1. The number of hydrogen-bond donors (Lipinski definition) is 1. The Labute approximate surface area is 162 Å². The Kier molecular flexibility index (Phi) is 7.36. The summed E-state index contributed by atoms with van der Waals surface area (Å²) in [5, 5.41) is 7.49. The second-order valence-corrected chi connectivity index (χ2v) is 6.76. The Morgan fingerprint density at radius 3 is 2.74 bits per heavy atom. The molecule has 1 aromatic carbocycles. The summed E-state index contributed by atoms with van der Waals surface area (Å²) in [5.74, 6) is 0.0389. The van der Waals surface area contributed by atoms with E-state index >= 15 is 0 Å². The van der Waals surface area contributed by atoms with Crippen molar-refractivity contribution < 1.29 is 18.3 Å². The van der Waals surface area contributed by atoms with Crippen LogP contribution < -0.4 is 10.1 Å². The van der Waals surface area contributed by atoms with E-state index in [0.29, 0.717) is 28.7 Å². The highest BCUT2D eigenvalue weighted by Crippen LogP contribution is 2.22. The summed E-state index contributed by atoms with van der Waals surface area (Å²) in [5.41, 5.74) is 1.85. The van der Waals surface area contributed by atoms with Crippen LogP contribution in [0.5, 0.6) is 5.75 Å². The van der Waals surface area contributed by atoms with Gasteiger partial charge in [-0.25, -0.2) is 0 Å². The number of para-hydroxylation sites is 1. The van der Waals surface area contributed by atoms with Crippen molar-refractivity contribution in [1.82, 2.24) is 15.1 Å². The van der Waals surface area contributed by atoms with E-state index < -0.39 is 6.61 Å². The SMILES string of the molecule is Cc1nn(CC(C)C)c(Cl)c1/C=C/C(=O)NCc1ccccc1OC(F)F. The van der Waals surface area contributed by atoms with Gasteiger partial charge in [-0.1, -0.05) is 43.6 Å². The summed E-state index contributed by atoms with van der Waals surface area (Å²) in [6, 6.07) is 6.30. The van der Waals surface area contributed by atoms with Crippen molar-refractivity contribution in [1.29, 1.82) is 0 Å². The van der Waals surface area contributed by atoms with Gasteiger partial charge in [0.15, 0.2) is 0 Å². The molecule has 146 valence electrons. The smallest absolute Gasteiger partial charge is 0.387 e.